The quantitative estimate of drug-likeness (QED) is 0.841. The molecule has 1 saturated carbocycles. The van der Waals surface area contributed by atoms with E-state index in [0.29, 0.717) is 11.5 Å². The molecule has 1 aromatic rings. The van der Waals surface area contributed by atoms with Crippen LogP contribution in [0.25, 0.3) is 0 Å². The van der Waals surface area contributed by atoms with Crippen LogP contribution in [0.2, 0.25) is 5.02 Å². The first-order chi connectivity index (χ1) is 9.06. The molecular weight excluding hydrogens is 254 g/mol. The van der Waals surface area contributed by atoms with Crippen molar-refractivity contribution < 1.29 is 0 Å². The second-order valence-corrected chi connectivity index (χ2v) is 7.44. The van der Waals surface area contributed by atoms with E-state index in [9.17, 15) is 0 Å². The summed E-state index contributed by atoms with van der Waals surface area (Å²) in [6, 6.07) is 6.85. The van der Waals surface area contributed by atoms with E-state index in [-0.39, 0.29) is 0 Å². The second-order valence-electron chi connectivity index (χ2n) is 7.00. The van der Waals surface area contributed by atoms with Crippen LogP contribution < -0.4 is 5.32 Å². The molecule has 2 heteroatoms. The largest absolute Gasteiger partial charge is 0.309 e. The number of rotatable bonds is 3. The molecule has 19 heavy (non-hydrogen) atoms. The van der Waals surface area contributed by atoms with Gasteiger partial charge >= 0.3 is 0 Å². The number of nitrogens with one attached hydrogen (secondary N) is 1. The molecule has 0 amide bonds. The third kappa shape index (κ3) is 2.68. The lowest BCUT2D eigenvalue weighted by Gasteiger charge is -2.30. The van der Waals surface area contributed by atoms with E-state index >= 15 is 0 Å². The Morgan fingerprint density at radius 3 is 2.74 bits per heavy atom. The van der Waals surface area contributed by atoms with Gasteiger partial charge in [0, 0.05) is 11.1 Å². The average Bonchev–Trinajstić information content (AvgIpc) is 2.92. The Balaban J connectivity index is 1.77. The predicted octanol–water partition coefficient (Wildman–Crippen LogP) is 4.74. The first-order valence-corrected chi connectivity index (χ1v) is 7.96. The van der Waals surface area contributed by atoms with Crippen molar-refractivity contribution >= 4 is 11.6 Å². The van der Waals surface area contributed by atoms with E-state index in [4.69, 9.17) is 11.6 Å². The highest BCUT2D eigenvalue weighted by Crippen LogP contribution is 2.46. The second kappa shape index (κ2) is 5.10. The first-order valence-electron chi connectivity index (χ1n) is 7.58. The van der Waals surface area contributed by atoms with Crippen molar-refractivity contribution in [2.45, 2.75) is 52.0 Å². The van der Waals surface area contributed by atoms with E-state index in [1.807, 2.05) is 6.07 Å². The lowest BCUT2D eigenvalue weighted by atomic mass is 9.85. The number of hydrogen-bond acceptors (Lipinski definition) is 1. The van der Waals surface area contributed by atoms with Crippen LogP contribution >= 0.6 is 11.6 Å². The summed E-state index contributed by atoms with van der Waals surface area (Å²) >= 11 is 6.18. The van der Waals surface area contributed by atoms with Crippen molar-refractivity contribution in [3.63, 3.8) is 0 Å². The number of hydrogen-bond donors (Lipinski definition) is 1. The molecule has 2 aliphatic carbocycles. The molecule has 1 atom stereocenters. The van der Waals surface area contributed by atoms with Crippen molar-refractivity contribution in [3.8, 4) is 0 Å². The van der Waals surface area contributed by atoms with Crippen LogP contribution in [0.1, 0.15) is 56.7 Å². The van der Waals surface area contributed by atoms with Crippen molar-refractivity contribution in [2.75, 3.05) is 6.54 Å². The molecule has 0 heterocycles. The summed E-state index contributed by atoms with van der Waals surface area (Å²) in [6.45, 7) is 5.90. The maximum atomic E-state index is 6.18. The van der Waals surface area contributed by atoms with Crippen molar-refractivity contribution in [3.05, 3.63) is 34.3 Å². The van der Waals surface area contributed by atoms with E-state index in [1.165, 1.54) is 43.4 Å². The zero-order chi connectivity index (χ0) is 13.5. The fourth-order valence-corrected chi connectivity index (χ4v) is 4.08. The Labute approximate surface area is 121 Å². The van der Waals surface area contributed by atoms with Crippen LogP contribution in [0, 0.1) is 11.3 Å². The summed E-state index contributed by atoms with van der Waals surface area (Å²) < 4.78 is 0. The number of halogens is 1. The highest BCUT2D eigenvalue weighted by atomic mass is 35.5. The standard InChI is InChI=1S/C17H24ClN/c1-17(2)10-13-7-8-14(18)9-15(13)16(17)19-11-12-5-3-4-6-12/h7-9,12,16,19H,3-6,10-11H2,1-2H3. The normalized spacial score (nSPS) is 25.7. The first kappa shape index (κ1) is 13.5. The van der Waals surface area contributed by atoms with Gasteiger partial charge in [0.25, 0.3) is 0 Å². The third-order valence-electron chi connectivity index (χ3n) is 4.93. The van der Waals surface area contributed by atoms with Crippen LogP contribution in [-0.4, -0.2) is 6.54 Å². The Bertz CT molecular complexity index is 460. The number of benzene rings is 1. The molecule has 1 fully saturated rings. The Morgan fingerprint density at radius 1 is 1.26 bits per heavy atom. The summed E-state index contributed by atoms with van der Waals surface area (Å²) in [5, 5.41) is 4.70. The van der Waals surface area contributed by atoms with Crippen LogP contribution in [0.15, 0.2) is 18.2 Å². The summed E-state index contributed by atoms with van der Waals surface area (Å²) in [4.78, 5) is 0. The Hall–Kier alpha value is -0.530. The van der Waals surface area contributed by atoms with Gasteiger partial charge in [-0.25, -0.2) is 0 Å². The molecule has 0 spiro atoms. The van der Waals surface area contributed by atoms with E-state index in [2.05, 4.69) is 31.3 Å². The average molecular weight is 278 g/mol. The molecular formula is C17H24ClN. The Kier molecular flexibility index (Phi) is 3.61. The topological polar surface area (TPSA) is 12.0 Å². The molecule has 1 unspecified atom stereocenters. The fraction of sp³-hybridized carbons (Fsp3) is 0.647. The van der Waals surface area contributed by atoms with Crippen molar-refractivity contribution in [1.29, 1.82) is 0 Å². The smallest absolute Gasteiger partial charge is 0.0409 e. The van der Waals surface area contributed by atoms with Gasteiger partial charge in [0.2, 0.25) is 0 Å². The van der Waals surface area contributed by atoms with Gasteiger partial charge in [-0.3, -0.25) is 0 Å². The SMILES string of the molecule is CC1(C)Cc2ccc(Cl)cc2C1NCC1CCCC1. The van der Waals surface area contributed by atoms with Gasteiger partial charge in [-0.1, -0.05) is 44.4 Å². The van der Waals surface area contributed by atoms with Crippen molar-refractivity contribution in [1.82, 2.24) is 5.32 Å². The molecule has 1 nitrogen and oxygen atoms in total. The van der Waals surface area contributed by atoms with Gasteiger partial charge in [0.05, 0.1) is 0 Å². The van der Waals surface area contributed by atoms with E-state index in [1.54, 1.807) is 0 Å². The van der Waals surface area contributed by atoms with E-state index < -0.39 is 0 Å². The minimum absolute atomic E-state index is 0.297. The molecule has 0 aromatic heterocycles. The molecule has 3 rings (SSSR count). The highest BCUT2D eigenvalue weighted by molar-refractivity contribution is 6.30. The molecule has 0 radical (unpaired) electrons. The minimum atomic E-state index is 0.297. The van der Waals surface area contributed by atoms with Crippen molar-refractivity contribution in [2.24, 2.45) is 11.3 Å². The Morgan fingerprint density at radius 2 is 2.00 bits per heavy atom. The van der Waals surface area contributed by atoms with Crippen LogP contribution in [0.3, 0.4) is 0 Å². The summed E-state index contributed by atoms with van der Waals surface area (Å²) in [5.41, 5.74) is 3.19. The van der Waals surface area contributed by atoms with Gasteiger partial charge in [-0.15, -0.1) is 0 Å². The van der Waals surface area contributed by atoms with Gasteiger partial charge < -0.3 is 5.32 Å². The number of fused-ring (bicyclic) bond motifs is 1. The van der Waals surface area contributed by atoms with Gasteiger partial charge in [-0.2, -0.15) is 0 Å². The molecule has 104 valence electrons. The molecule has 0 bridgehead atoms. The van der Waals surface area contributed by atoms with E-state index in [0.717, 1.165) is 17.4 Å². The zero-order valence-electron chi connectivity index (χ0n) is 12.0. The maximum Gasteiger partial charge on any atom is 0.0409 e. The maximum absolute atomic E-state index is 6.18. The van der Waals surface area contributed by atoms with Gasteiger partial charge in [0.1, 0.15) is 0 Å². The summed E-state index contributed by atoms with van der Waals surface area (Å²) in [7, 11) is 0. The molecule has 0 saturated heterocycles. The van der Waals surface area contributed by atoms with Gasteiger partial charge in [0.15, 0.2) is 0 Å². The summed E-state index contributed by atoms with van der Waals surface area (Å²) in [6.07, 6.45) is 6.80. The molecule has 0 aliphatic heterocycles. The highest BCUT2D eigenvalue weighted by Gasteiger charge is 2.38. The molecule has 2 aliphatic rings. The zero-order valence-corrected chi connectivity index (χ0v) is 12.8. The van der Waals surface area contributed by atoms with Crippen LogP contribution in [0.5, 0.6) is 0 Å². The van der Waals surface area contributed by atoms with Crippen LogP contribution in [0.4, 0.5) is 0 Å². The third-order valence-corrected chi connectivity index (χ3v) is 5.17. The molecule has 1 N–H and O–H groups in total. The minimum Gasteiger partial charge on any atom is -0.309 e. The summed E-state index contributed by atoms with van der Waals surface area (Å²) in [5.74, 6) is 0.888. The predicted molar refractivity (Wildman–Crippen MR) is 81.6 cm³/mol. The van der Waals surface area contributed by atoms with Gasteiger partial charge in [-0.05, 0) is 60.4 Å². The van der Waals surface area contributed by atoms with Crippen LogP contribution in [-0.2, 0) is 6.42 Å². The molecule has 1 aromatic carbocycles. The lowest BCUT2D eigenvalue weighted by Crippen LogP contribution is -2.34. The fourth-order valence-electron chi connectivity index (χ4n) is 3.89. The lowest BCUT2D eigenvalue weighted by molar-refractivity contribution is 0.258. The monoisotopic (exact) mass is 277 g/mol.